The molecule has 3 N–H and O–H groups in total. The third-order valence-electron chi connectivity index (χ3n) is 3.11. The number of fused-ring (bicyclic) bond motifs is 1. The minimum absolute atomic E-state index is 0.516. The number of rotatable bonds is 5. The Hall–Kier alpha value is -1.87. The molecule has 0 spiro atoms. The Labute approximate surface area is 106 Å². The zero-order valence-electron chi connectivity index (χ0n) is 10.2. The fourth-order valence-corrected chi connectivity index (χ4v) is 2.04. The van der Waals surface area contributed by atoms with E-state index in [1.807, 2.05) is 12.1 Å². The van der Waals surface area contributed by atoms with Gasteiger partial charge in [0, 0.05) is 0 Å². The first-order chi connectivity index (χ1) is 8.66. The molecule has 1 atom stereocenters. The number of carbonyl (C=O) groups is 1. The standard InChI is InChI=1S/C15H17NO2/c16-14(15(17)18)7-3-4-11-8-9-12-5-1-2-6-13(12)10-11/h1-2,5-6,8-10,14H,3-4,7,16H2,(H,17,18). The minimum Gasteiger partial charge on any atom is -0.480 e. The summed E-state index contributed by atoms with van der Waals surface area (Å²) in [7, 11) is 0. The average molecular weight is 243 g/mol. The lowest BCUT2D eigenvalue weighted by atomic mass is 10.0. The maximum atomic E-state index is 10.6. The second-order valence-electron chi connectivity index (χ2n) is 4.52. The topological polar surface area (TPSA) is 63.3 Å². The van der Waals surface area contributed by atoms with Gasteiger partial charge < -0.3 is 10.8 Å². The van der Waals surface area contributed by atoms with E-state index in [1.165, 1.54) is 16.3 Å². The fourth-order valence-electron chi connectivity index (χ4n) is 2.04. The molecule has 1 unspecified atom stereocenters. The van der Waals surface area contributed by atoms with E-state index in [0.717, 1.165) is 12.8 Å². The molecule has 0 fully saturated rings. The lowest BCUT2D eigenvalue weighted by Crippen LogP contribution is -2.29. The van der Waals surface area contributed by atoms with Gasteiger partial charge in [0.25, 0.3) is 0 Å². The Balaban J connectivity index is 1.98. The van der Waals surface area contributed by atoms with E-state index in [1.54, 1.807) is 0 Å². The molecule has 2 aromatic rings. The van der Waals surface area contributed by atoms with Crippen molar-refractivity contribution in [2.24, 2.45) is 5.73 Å². The van der Waals surface area contributed by atoms with Crippen molar-refractivity contribution in [1.29, 1.82) is 0 Å². The van der Waals surface area contributed by atoms with Gasteiger partial charge in [-0.1, -0.05) is 42.5 Å². The molecule has 0 heterocycles. The Morgan fingerprint density at radius 1 is 1.17 bits per heavy atom. The molecule has 0 radical (unpaired) electrons. The summed E-state index contributed by atoms with van der Waals surface area (Å²) in [6.45, 7) is 0. The smallest absolute Gasteiger partial charge is 0.320 e. The molecule has 0 aliphatic heterocycles. The number of hydrogen-bond acceptors (Lipinski definition) is 2. The van der Waals surface area contributed by atoms with Gasteiger partial charge in [0.1, 0.15) is 6.04 Å². The highest BCUT2D eigenvalue weighted by Crippen LogP contribution is 2.17. The van der Waals surface area contributed by atoms with Crippen molar-refractivity contribution in [3.63, 3.8) is 0 Å². The van der Waals surface area contributed by atoms with Gasteiger partial charge in [0.15, 0.2) is 0 Å². The molecule has 0 saturated carbocycles. The van der Waals surface area contributed by atoms with Gasteiger partial charge in [-0.3, -0.25) is 4.79 Å². The van der Waals surface area contributed by atoms with Gasteiger partial charge in [-0.05, 0) is 35.6 Å². The van der Waals surface area contributed by atoms with E-state index in [-0.39, 0.29) is 0 Å². The monoisotopic (exact) mass is 243 g/mol. The molecule has 94 valence electrons. The Kier molecular flexibility index (Phi) is 3.95. The SMILES string of the molecule is NC(CCCc1ccc2ccccc2c1)C(=O)O. The molecule has 0 bridgehead atoms. The summed E-state index contributed by atoms with van der Waals surface area (Å²) in [6.07, 6.45) is 2.18. The quantitative estimate of drug-likeness (QED) is 0.848. The lowest BCUT2D eigenvalue weighted by Gasteiger charge is -2.07. The van der Waals surface area contributed by atoms with Crippen LogP contribution in [0.1, 0.15) is 18.4 Å². The van der Waals surface area contributed by atoms with Crippen LogP contribution < -0.4 is 5.73 Å². The van der Waals surface area contributed by atoms with Crippen molar-refractivity contribution in [3.05, 3.63) is 48.0 Å². The van der Waals surface area contributed by atoms with Crippen molar-refractivity contribution in [2.75, 3.05) is 0 Å². The van der Waals surface area contributed by atoms with E-state index >= 15 is 0 Å². The van der Waals surface area contributed by atoms with Gasteiger partial charge in [0.2, 0.25) is 0 Å². The molecular weight excluding hydrogens is 226 g/mol. The van der Waals surface area contributed by atoms with Crippen LogP contribution in [-0.4, -0.2) is 17.1 Å². The van der Waals surface area contributed by atoms with Crippen LogP contribution in [0.4, 0.5) is 0 Å². The lowest BCUT2D eigenvalue weighted by molar-refractivity contribution is -0.138. The fraction of sp³-hybridized carbons (Fsp3) is 0.267. The molecule has 0 aliphatic carbocycles. The zero-order valence-corrected chi connectivity index (χ0v) is 10.2. The summed E-state index contributed by atoms with van der Waals surface area (Å²) >= 11 is 0. The van der Waals surface area contributed by atoms with Crippen LogP contribution in [0.2, 0.25) is 0 Å². The van der Waals surface area contributed by atoms with Crippen LogP contribution in [0.5, 0.6) is 0 Å². The largest absolute Gasteiger partial charge is 0.480 e. The van der Waals surface area contributed by atoms with Gasteiger partial charge in [-0.2, -0.15) is 0 Å². The summed E-state index contributed by atoms with van der Waals surface area (Å²) < 4.78 is 0. The van der Waals surface area contributed by atoms with Crippen LogP contribution in [0.15, 0.2) is 42.5 Å². The number of carboxylic acids is 1. The van der Waals surface area contributed by atoms with Gasteiger partial charge in [-0.15, -0.1) is 0 Å². The number of carboxylic acid groups (broad SMARTS) is 1. The predicted molar refractivity (Wildman–Crippen MR) is 72.5 cm³/mol. The number of benzene rings is 2. The summed E-state index contributed by atoms with van der Waals surface area (Å²) in [5.41, 5.74) is 6.70. The first kappa shape index (κ1) is 12.6. The number of aliphatic carboxylic acids is 1. The van der Waals surface area contributed by atoms with Crippen LogP contribution in [-0.2, 0) is 11.2 Å². The molecule has 0 aliphatic rings. The highest BCUT2D eigenvalue weighted by atomic mass is 16.4. The maximum absolute atomic E-state index is 10.6. The number of aryl methyl sites for hydroxylation is 1. The first-order valence-electron chi connectivity index (χ1n) is 6.13. The molecule has 18 heavy (non-hydrogen) atoms. The van der Waals surface area contributed by atoms with E-state index in [0.29, 0.717) is 6.42 Å². The Morgan fingerprint density at radius 2 is 1.89 bits per heavy atom. The molecule has 3 nitrogen and oxygen atoms in total. The summed E-state index contributed by atoms with van der Waals surface area (Å²) in [5, 5.41) is 11.1. The average Bonchev–Trinajstić information content (AvgIpc) is 2.38. The maximum Gasteiger partial charge on any atom is 0.320 e. The molecular formula is C15H17NO2. The zero-order chi connectivity index (χ0) is 13.0. The Morgan fingerprint density at radius 3 is 2.61 bits per heavy atom. The van der Waals surface area contributed by atoms with Crippen molar-refractivity contribution in [3.8, 4) is 0 Å². The Bertz CT molecular complexity index is 551. The van der Waals surface area contributed by atoms with Crippen molar-refractivity contribution >= 4 is 16.7 Å². The molecule has 0 aromatic heterocycles. The molecule has 2 aromatic carbocycles. The van der Waals surface area contributed by atoms with E-state index in [4.69, 9.17) is 10.8 Å². The highest BCUT2D eigenvalue weighted by molar-refractivity contribution is 5.83. The summed E-state index contributed by atoms with van der Waals surface area (Å²) in [5.74, 6) is -0.923. The highest BCUT2D eigenvalue weighted by Gasteiger charge is 2.10. The van der Waals surface area contributed by atoms with Crippen LogP contribution in [0, 0.1) is 0 Å². The third-order valence-corrected chi connectivity index (χ3v) is 3.11. The normalized spacial score (nSPS) is 12.5. The van der Waals surface area contributed by atoms with Crippen molar-refractivity contribution in [1.82, 2.24) is 0 Å². The predicted octanol–water partition coefficient (Wildman–Crippen LogP) is 2.57. The second kappa shape index (κ2) is 5.65. The van der Waals surface area contributed by atoms with Gasteiger partial charge in [0.05, 0.1) is 0 Å². The number of nitrogens with two attached hydrogens (primary N) is 1. The van der Waals surface area contributed by atoms with Crippen LogP contribution >= 0.6 is 0 Å². The van der Waals surface area contributed by atoms with Gasteiger partial charge >= 0.3 is 5.97 Å². The van der Waals surface area contributed by atoms with E-state index < -0.39 is 12.0 Å². The van der Waals surface area contributed by atoms with Gasteiger partial charge in [-0.25, -0.2) is 0 Å². The van der Waals surface area contributed by atoms with E-state index in [2.05, 4.69) is 30.3 Å². The summed E-state index contributed by atoms with van der Waals surface area (Å²) in [6, 6.07) is 13.8. The van der Waals surface area contributed by atoms with Crippen molar-refractivity contribution in [2.45, 2.75) is 25.3 Å². The molecule has 3 heteroatoms. The van der Waals surface area contributed by atoms with Crippen LogP contribution in [0.25, 0.3) is 10.8 Å². The van der Waals surface area contributed by atoms with Crippen LogP contribution in [0.3, 0.4) is 0 Å². The minimum atomic E-state index is -0.923. The molecule has 2 rings (SSSR count). The number of hydrogen-bond donors (Lipinski definition) is 2. The summed E-state index contributed by atoms with van der Waals surface area (Å²) in [4.78, 5) is 10.6. The first-order valence-corrected chi connectivity index (χ1v) is 6.13. The van der Waals surface area contributed by atoms with Crippen molar-refractivity contribution < 1.29 is 9.90 Å². The third kappa shape index (κ3) is 3.08. The molecule has 0 amide bonds. The molecule has 0 saturated heterocycles. The second-order valence-corrected chi connectivity index (χ2v) is 4.52. The van der Waals surface area contributed by atoms with E-state index in [9.17, 15) is 4.79 Å².